The third-order valence-corrected chi connectivity index (χ3v) is 4.09. The van der Waals surface area contributed by atoms with Crippen molar-refractivity contribution in [1.82, 2.24) is 5.32 Å². The second kappa shape index (κ2) is 7.00. The Hall–Kier alpha value is -1.46. The molecule has 112 valence electrons. The van der Waals surface area contributed by atoms with Crippen molar-refractivity contribution in [2.24, 2.45) is 0 Å². The van der Waals surface area contributed by atoms with Crippen molar-refractivity contribution >= 4 is 15.9 Å². The number of rotatable bonds is 5. The third kappa shape index (κ3) is 3.60. The normalized spacial score (nSPS) is 12.2. The van der Waals surface area contributed by atoms with Gasteiger partial charge in [0.05, 0.1) is 7.11 Å². The number of nitrogens with one attached hydrogen (secondary N) is 1. The fourth-order valence-corrected chi connectivity index (χ4v) is 2.85. The highest BCUT2D eigenvalue weighted by atomic mass is 79.9. The van der Waals surface area contributed by atoms with Crippen LogP contribution in [0.25, 0.3) is 0 Å². The molecule has 0 amide bonds. The van der Waals surface area contributed by atoms with Gasteiger partial charge in [0.2, 0.25) is 0 Å². The summed E-state index contributed by atoms with van der Waals surface area (Å²) in [6, 6.07) is 9.23. The summed E-state index contributed by atoms with van der Waals surface area (Å²) in [4.78, 5) is 0. The van der Waals surface area contributed by atoms with E-state index in [4.69, 9.17) is 4.74 Å². The smallest absolute Gasteiger partial charge is 0.129 e. The lowest BCUT2D eigenvalue weighted by atomic mass is 9.98. The predicted octanol–water partition coefficient (Wildman–Crippen LogP) is 4.24. The lowest BCUT2D eigenvalue weighted by Gasteiger charge is -2.19. The van der Waals surface area contributed by atoms with Gasteiger partial charge >= 0.3 is 0 Å². The van der Waals surface area contributed by atoms with Gasteiger partial charge in [-0.1, -0.05) is 28.1 Å². The highest BCUT2D eigenvalue weighted by Gasteiger charge is 2.18. The Morgan fingerprint density at radius 2 is 1.86 bits per heavy atom. The van der Waals surface area contributed by atoms with Gasteiger partial charge < -0.3 is 10.1 Å². The lowest BCUT2D eigenvalue weighted by Crippen LogP contribution is -2.20. The van der Waals surface area contributed by atoms with Crippen LogP contribution in [-0.2, 0) is 6.42 Å². The number of halogens is 3. The second-order valence-electron chi connectivity index (χ2n) is 4.63. The Morgan fingerprint density at radius 1 is 1.19 bits per heavy atom. The van der Waals surface area contributed by atoms with Gasteiger partial charge in [-0.25, -0.2) is 8.78 Å². The molecule has 0 bridgehead atoms. The number of methoxy groups -OCH3 is 1. The fourth-order valence-electron chi connectivity index (χ4n) is 2.22. The van der Waals surface area contributed by atoms with E-state index in [-0.39, 0.29) is 18.0 Å². The summed E-state index contributed by atoms with van der Waals surface area (Å²) in [5.74, 6) is -0.336. The van der Waals surface area contributed by atoms with Crippen LogP contribution >= 0.6 is 15.9 Å². The molecular formula is C16H16BrF2NO. The van der Waals surface area contributed by atoms with Crippen molar-refractivity contribution in [2.45, 2.75) is 12.5 Å². The van der Waals surface area contributed by atoms with Crippen LogP contribution in [0.2, 0.25) is 0 Å². The van der Waals surface area contributed by atoms with Crippen LogP contribution < -0.4 is 10.1 Å². The van der Waals surface area contributed by atoms with E-state index < -0.39 is 11.6 Å². The number of hydrogen-bond donors (Lipinski definition) is 1. The van der Waals surface area contributed by atoms with Gasteiger partial charge in [-0.2, -0.15) is 0 Å². The molecule has 5 heteroatoms. The molecule has 1 N–H and O–H groups in total. The van der Waals surface area contributed by atoms with E-state index in [1.165, 1.54) is 18.2 Å². The lowest BCUT2D eigenvalue weighted by molar-refractivity contribution is 0.414. The molecule has 21 heavy (non-hydrogen) atoms. The second-order valence-corrected chi connectivity index (χ2v) is 5.49. The molecule has 0 aliphatic carbocycles. The molecule has 0 saturated carbocycles. The Bertz CT molecular complexity index is 613. The number of ether oxygens (including phenoxy) is 1. The van der Waals surface area contributed by atoms with Crippen LogP contribution in [0.4, 0.5) is 8.78 Å². The minimum absolute atomic E-state index is 0.0829. The standard InChI is InChI=1S/C16H16BrF2NO/c1-20-16(9-12-14(18)4-3-5-15(12)19)11-7-6-10(21-2)8-13(11)17/h3-8,16,20H,9H2,1-2H3. The molecule has 0 saturated heterocycles. The van der Waals surface area contributed by atoms with E-state index in [2.05, 4.69) is 21.2 Å². The zero-order chi connectivity index (χ0) is 15.4. The zero-order valence-electron chi connectivity index (χ0n) is 11.8. The van der Waals surface area contributed by atoms with Crippen LogP contribution in [0, 0.1) is 11.6 Å². The third-order valence-electron chi connectivity index (χ3n) is 3.40. The first-order chi connectivity index (χ1) is 10.1. The monoisotopic (exact) mass is 355 g/mol. The first-order valence-electron chi connectivity index (χ1n) is 6.50. The number of likely N-dealkylation sites (N-methyl/N-ethyl adjacent to an activating group) is 1. The highest BCUT2D eigenvalue weighted by molar-refractivity contribution is 9.10. The Labute approximate surface area is 131 Å². The molecule has 2 rings (SSSR count). The van der Waals surface area contributed by atoms with Crippen LogP contribution in [0.5, 0.6) is 5.75 Å². The molecule has 0 heterocycles. The molecule has 0 radical (unpaired) electrons. The maximum atomic E-state index is 13.8. The molecule has 0 aliphatic heterocycles. The van der Waals surface area contributed by atoms with Crippen molar-refractivity contribution in [1.29, 1.82) is 0 Å². The van der Waals surface area contributed by atoms with Crippen LogP contribution in [-0.4, -0.2) is 14.2 Å². The molecule has 1 unspecified atom stereocenters. The van der Waals surface area contributed by atoms with Gasteiger partial charge in [-0.05, 0) is 43.3 Å². The fraction of sp³-hybridized carbons (Fsp3) is 0.250. The molecule has 0 aliphatic rings. The molecule has 1 atom stereocenters. The summed E-state index contributed by atoms with van der Waals surface area (Å²) in [5, 5.41) is 3.10. The van der Waals surface area contributed by atoms with Crippen molar-refractivity contribution < 1.29 is 13.5 Å². The van der Waals surface area contributed by atoms with Gasteiger partial charge in [0, 0.05) is 16.1 Å². The summed E-state index contributed by atoms with van der Waals surface area (Å²) in [6.07, 6.45) is 0.222. The van der Waals surface area contributed by atoms with E-state index >= 15 is 0 Å². The quantitative estimate of drug-likeness (QED) is 0.865. The molecule has 0 fully saturated rings. The van der Waals surface area contributed by atoms with Gasteiger partial charge in [0.25, 0.3) is 0 Å². The number of benzene rings is 2. The maximum absolute atomic E-state index is 13.8. The van der Waals surface area contributed by atoms with Crippen molar-refractivity contribution in [3.8, 4) is 5.75 Å². The van der Waals surface area contributed by atoms with E-state index in [0.717, 1.165) is 15.8 Å². The largest absolute Gasteiger partial charge is 0.497 e. The summed E-state index contributed by atoms with van der Waals surface area (Å²) in [6.45, 7) is 0. The van der Waals surface area contributed by atoms with Gasteiger partial charge in [-0.15, -0.1) is 0 Å². The average Bonchev–Trinajstić information content (AvgIpc) is 2.47. The summed E-state index contributed by atoms with van der Waals surface area (Å²) in [5.41, 5.74) is 1.00. The van der Waals surface area contributed by atoms with E-state index in [1.54, 1.807) is 14.2 Å². The van der Waals surface area contributed by atoms with Crippen LogP contribution in [0.3, 0.4) is 0 Å². The van der Waals surface area contributed by atoms with Gasteiger partial charge in [-0.3, -0.25) is 0 Å². The minimum atomic E-state index is -0.528. The maximum Gasteiger partial charge on any atom is 0.129 e. The Morgan fingerprint density at radius 3 is 2.38 bits per heavy atom. The predicted molar refractivity (Wildman–Crippen MR) is 82.6 cm³/mol. The summed E-state index contributed by atoms with van der Waals surface area (Å²) < 4.78 is 33.5. The highest BCUT2D eigenvalue weighted by Crippen LogP contribution is 2.30. The Kier molecular flexibility index (Phi) is 5.31. The minimum Gasteiger partial charge on any atom is -0.497 e. The van der Waals surface area contributed by atoms with Crippen molar-refractivity contribution in [3.63, 3.8) is 0 Å². The molecule has 0 spiro atoms. The first kappa shape index (κ1) is 15.9. The van der Waals surface area contributed by atoms with Gasteiger partial charge in [0.15, 0.2) is 0 Å². The van der Waals surface area contributed by atoms with Crippen LogP contribution in [0.1, 0.15) is 17.2 Å². The van der Waals surface area contributed by atoms with Crippen LogP contribution in [0.15, 0.2) is 40.9 Å². The zero-order valence-corrected chi connectivity index (χ0v) is 13.4. The summed E-state index contributed by atoms with van der Waals surface area (Å²) >= 11 is 3.47. The molecule has 0 aromatic heterocycles. The molecular weight excluding hydrogens is 340 g/mol. The SMILES string of the molecule is CNC(Cc1c(F)cccc1F)c1ccc(OC)cc1Br. The van der Waals surface area contributed by atoms with Crippen molar-refractivity contribution in [3.05, 3.63) is 63.6 Å². The van der Waals surface area contributed by atoms with E-state index in [0.29, 0.717) is 0 Å². The average molecular weight is 356 g/mol. The van der Waals surface area contributed by atoms with E-state index in [9.17, 15) is 8.78 Å². The molecule has 2 aromatic carbocycles. The first-order valence-corrected chi connectivity index (χ1v) is 7.29. The summed E-state index contributed by atoms with van der Waals surface area (Å²) in [7, 11) is 3.35. The molecule has 2 aromatic rings. The Balaban J connectivity index is 2.32. The molecule has 2 nitrogen and oxygen atoms in total. The van der Waals surface area contributed by atoms with Gasteiger partial charge in [0.1, 0.15) is 17.4 Å². The van der Waals surface area contributed by atoms with E-state index in [1.807, 2.05) is 18.2 Å². The van der Waals surface area contributed by atoms with Crippen molar-refractivity contribution in [2.75, 3.05) is 14.2 Å². The number of hydrogen-bond acceptors (Lipinski definition) is 2. The topological polar surface area (TPSA) is 21.3 Å².